The van der Waals surface area contributed by atoms with E-state index in [0.717, 1.165) is 0 Å². The Kier molecular flexibility index (Phi) is 6.35. The molecule has 0 aromatic rings. The Labute approximate surface area is 75.9 Å². The van der Waals surface area contributed by atoms with Crippen LogP contribution in [-0.4, -0.2) is 6.21 Å². The predicted molar refractivity (Wildman–Crippen MR) is 56.5 cm³/mol. The third-order valence-electron chi connectivity index (χ3n) is 1.95. The van der Waals surface area contributed by atoms with Crippen LogP contribution in [0.4, 0.5) is 0 Å². The number of allylic oxidation sites excluding steroid dienone is 2. The molecule has 0 spiro atoms. The van der Waals surface area contributed by atoms with Crippen molar-refractivity contribution < 1.29 is 0 Å². The first-order valence-corrected chi connectivity index (χ1v) is 4.56. The molecule has 1 atom stereocenters. The number of hydrogen-bond acceptors (Lipinski definition) is 1. The van der Waals surface area contributed by atoms with Gasteiger partial charge < -0.3 is 0 Å². The maximum Gasteiger partial charge on any atom is 0.0299 e. The fraction of sp³-hybridized carbons (Fsp3) is 0.545. The molecule has 12 heavy (non-hydrogen) atoms. The minimum Gasteiger partial charge on any atom is -0.265 e. The quantitative estimate of drug-likeness (QED) is 0.552. The number of aliphatic imine (C=N–C) groups is 1. The van der Waals surface area contributed by atoms with Crippen molar-refractivity contribution in [3.63, 3.8) is 0 Å². The maximum absolute atomic E-state index is 4.02. The summed E-state index contributed by atoms with van der Waals surface area (Å²) in [6.07, 6.45) is 8.03. The van der Waals surface area contributed by atoms with E-state index >= 15 is 0 Å². The lowest BCUT2D eigenvalue weighted by Crippen LogP contribution is -1.99. The van der Waals surface area contributed by atoms with Gasteiger partial charge in [-0.05, 0) is 24.8 Å². The molecule has 0 N–H and O–H groups in total. The van der Waals surface area contributed by atoms with Crippen molar-refractivity contribution in [3.8, 4) is 0 Å². The summed E-state index contributed by atoms with van der Waals surface area (Å²) in [5, 5.41) is 0. The largest absolute Gasteiger partial charge is 0.265 e. The summed E-state index contributed by atoms with van der Waals surface area (Å²) >= 11 is 0. The highest BCUT2D eigenvalue weighted by atomic mass is 14.7. The first-order valence-electron chi connectivity index (χ1n) is 4.56. The lowest BCUT2D eigenvalue weighted by molar-refractivity contribution is 0.620. The minimum absolute atomic E-state index is 0.615. The van der Waals surface area contributed by atoms with E-state index in [1.54, 1.807) is 6.20 Å². The van der Waals surface area contributed by atoms with Gasteiger partial charge in [0.2, 0.25) is 0 Å². The van der Waals surface area contributed by atoms with Gasteiger partial charge in [-0.3, -0.25) is 4.99 Å². The molecule has 0 bridgehead atoms. The van der Waals surface area contributed by atoms with E-state index in [1.165, 1.54) is 18.4 Å². The summed E-state index contributed by atoms with van der Waals surface area (Å²) in [5.74, 6) is 0.615. The van der Waals surface area contributed by atoms with E-state index in [0.29, 0.717) is 5.92 Å². The monoisotopic (exact) mass is 165 g/mol. The second-order valence-corrected chi connectivity index (χ2v) is 2.94. The first-order chi connectivity index (χ1) is 5.76. The number of nitrogens with zero attached hydrogens (tertiary/aromatic N) is 1. The average molecular weight is 165 g/mol. The van der Waals surface area contributed by atoms with Crippen LogP contribution in [0.25, 0.3) is 0 Å². The Hall–Kier alpha value is -0.850. The Morgan fingerprint density at radius 1 is 1.58 bits per heavy atom. The fourth-order valence-corrected chi connectivity index (χ4v) is 1.22. The molecule has 0 aliphatic heterocycles. The van der Waals surface area contributed by atoms with Crippen LogP contribution in [0, 0.1) is 5.92 Å². The molecule has 68 valence electrons. The van der Waals surface area contributed by atoms with Gasteiger partial charge in [-0.15, -0.1) is 0 Å². The van der Waals surface area contributed by atoms with Crippen LogP contribution < -0.4 is 0 Å². The maximum atomic E-state index is 4.02. The molecule has 0 radical (unpaired) electrons. The standard InChI is InChI=1S/C11H19N/c1-5-8-10(4)11(6-2)9-12-7-3/h6-7,9-10H,3,5,8H2,1-2,4H3/b11-6+,12-9?. The van der Waals surface area contributed by atoms with E-state index in [9.17, 15) is 0 Å². The van der Waals surface area contributed by atoms with E-state index in [1.807, 2.05) is 6.21 Å². The second-order valence-electron chi connectivity index (χ2n) is 2.94. The molecule has 1 unspecified atom stereocenters. The zero-order chi connectivity index (χ0) is 9.40. The van der Waals surface area contributed by atoms with Gasteiger partial charge in [-0.25, -0.2) is 0 Å². The molecular weight excluding hydrogens is 146 g/mol. The van der Waals surface area contributed by atoms with Crippen LogP contribution in [0.5, 0.6) is 0 Å². The highest BCUT2D eigenvalue weighted by molar-refractivity contribution is 5.79. The summed E-state index contributed by atoms with van der Waals surface area (Å²) in [5.41, 5.74) is 1.30. The molecule has 0 saturated heterocycles. The average Bonchev–Trinajstić information content (AvgIpc) is 2.06. The van der Waals surface area contributed by atoms with Crippen molar-refractivity contribution in [2.45, 2.75) is 33.6 Å². The molecule has 1 nitrogen and oxygen atoms in total. The predicted octanol–water partition coefficient (Wildman–Crippen LogP) is 3.58. The SMILES string of the molecule is C=CN=C/C(=C\C)C(C)CCC. The Bertz CT molecular complexity index is 177. The van der Waals surface area contributed by atoms with E-state index < -0.39 is 0 Å². The summed E-state index contributed by atoms with van der Waals surface area (Å²) in [7, 11) is 0. The lowest BCUT2D eigenvalue weighted by Gasteiger charge is -2.09. The third-order valence-corrected chi connectivity index (χ3v) is 1.95. The van der Waals surface area contributed by atoms with Gasteiger partial charge in [0.1, 0.15) is 0 Å². The van der Waals surface area contributed by atoms with Gasteiger partial charge in [-0.1, -0.05) is 32.9 Å². The molecular formula is C11H19N. The zero-order valence-corrected chi connectivity index (χ0v) is 8.38. The molecule has 0 aromatic heterocycles. The second kappa shape index (κ2) is 6.84. The van der Waals surface area contributed by atoms with Crippen LogP contribution in [-0.2, 0) is 0 Å². The molecule has 0 fully saturated rings. The van der Waals surface area contributed by atoms with Crippen molar-refractivity contribution in [2.75, 3.05) is 0 Å². The van der Waals surface area contributed by atoms with Gasteiger partial charge in [0.15, 0.2) is 0 Å². The van der Waals surface area contributed by atoms with Gasteiger partial charge in [0.25, 0.3) is 0 Å². The Morgan fingerprint density at radius 2 is 2.25 bits per heavy atom. The van der Waals surface area contributed by atoms with Gasteiger partial charge in [0.05, 0.1) is 0 Å². The van der Waals surface area contributed by atoms with Gasteiger partial charge in [0, 0.05) is 12.4 Å². The highest BCUT2D eigenvalue weighted by Gasteiger charge is 2.03. The summed E-state index contributed by atoms with van der Waals surface area (Å²) in [4.78, 5) is 4.02. The van der Waals surface area contributed by atoms with Crippen molar-refractivity contribution in [2.24, 2.45) is 10.9 Å². The van der Waals surface area contributed by atoms with E-state index in [4.69, 9.17) is 0 Å². The first kappa shape index (κ1) is 11.2. The molecule has 0 rings (SSSR count). The zero-order valence-electron chi connectivity index (χ0n) is 8.38. The normalized spacial score (nSPS) is 15.1. The van der Waals surface area contributed by atoms with Gasteiger partial charge >= 0.3 is 0 Å². The van der Waals surface area contributed by atoms with Crippen LogP contribution >= 0.6 is 0 Å². The summed E-state index contributed by atoms with van der Waals surface area (Å²) in [6, 6.07) is 0. The molecule has 0 aliphatic rings. The molecule has 0 amide bonds. The van der Waals surface area contributed by atoms with Crippen molar-refractivity contribution in [3.05, 3.63) is 24.4 Å². The smallest absolute Gasteiger partial charge is 0.0299 e. The van der Waals surface area contributed by atoms with Crippen molar-refractivity contribution in [1.82, 2.24) is 0 Å². The van der Waals surface area contributed by atoms with Crippen LogP contribution in [0.2, 0.25) is 0 Å². The van der Waals surface area contributed by atoms with Crippen molar-refractivity contribution in [1.29, 1.82) is 0 Å². The molecule has 0 saturated carbocycles. The fourth-order valence-electron chi connectivity index (χ4n) is 1.22. The summed E-state index contributed by atoms with van der Waals surface area (Å²) < 4.78 is 0. The van der Waals surface area contributed by atoms with Crippen LogP contribution in [0.1, 0.15) is 33.6 Å². The van der Waals surface area contributed by atoms with Crippen molar-refractivity contribution >= 4 is 6.21 Å². The van der Waals surface area contributed by atoms with Crippen LogP contribution in [0.15, 0.2) is 29.4 Å². The minimum atomic E-state index is 0.615. The Balaban J connectivity index is 4.15. The van der Waals surface area contributed by atoms with Crippen LogP contribution in [0.3, 0.4) is 0 Å². The molecule has 0 aliphatic carbocycles. The van der Waals surface area contributed by atoms with Gasteiger partial charge in [-0.2, -0.15) is 0 Å². The number of rotatable bonds is 5. The van der Waals surface area contributed by atoms with E-state index in [2.05, 4.69) is 38.4 Å². The lowest BCUT2D eigenvalue weighted by atomic mass is 9.97. The molecule has 1 heteroatoms. The summed E-state index contributed by atoms with van der Waals surface area (Å²) in [6.45, 7) is 10.0. The van der Waals surface area contributed by atoms with E-state index in [-0.39, 0.29) is 0 Å². The topological polar surface area (TPSA) is 12.4 Å². The molecule has 0 aromatic carbocycles. The number of hydrogen-bond donors (Lipinski definition) is 0. The molecule has 0 heterocycles. The Morgan fingerprint density at radius 3 is 2.67 bits per heavy atom. The highest BCUT2D eigenvalue weighted by Crippen LogP contribution is 2.14. The third kappa shape index (κ3) is 4.12.